The van der Waals surface area contributed by atoms with Gasteiger partial charge in [-0.2, -0.15) is 0 Å². The molecule has 1 aromatic carbocycles. The number of anilines is 1. The lowest BCUT2D eigenvalue weighted by molar-refractivity contribution is 0.122. The van der Waals surface area contributed by atoms with Gasteiger partial charge in [0, 0.05) is 23.3 Å². The third-order valence-electron chi connectivity index (χ3n) is 1.97. The highest BCUT2D eigenvalue weighted by atomic mass is 35.5. The van der Waals surface area contributed by atoms with Gasteiger partial charge in [-0.15, -0.1) is 0 Å². The van der Waals surface area contributed by atoms with E-state index in [1.807, 2.05) is 18.2 Å². The normalized spacial score (nSPS) is 19.9. The Labute approximate surface area is 93.3 Å². The van der Waals surface area contributed by atoms with E-state index in [0.717, 1.165) is 18.7 Å². The average molecular weight is 230 g/mol. The van der Waals surface area contributed by atoms with Crippen LogP contribution >= 0.6 is 23.5 Å². The van der Waals surface area contributed by atoms with E-state index in [4.69, 9.17) is 16.5 Å². The van der Waals surface area contributed by atoms with Crippen molar-refractivity contribution in [3.05, 3.63) is 24.3 Å². The standard InChI is InChI=1S/C10H12ClNOS/c1-2-7-13-10-12(11)8-5-3-4-6-9(8)14-10/h3-6,10H,2,7H2,1H3. The second-order valence-electron chi connectivity index (χ2n) is 3.07. The molecule has 0 radical (unpaired) electrons. The van der Waals surface area contributed by atoms with E-state index in [1.54, 1.807) is 16.2 Å². The Balaban J connectivity index is 2.09. The Hall–Kier alpha value is -0.380. The summed E-state index contributed by atoms with van der Waals surface area (Å²) in [6.07, 6.45) is 1.01. The fourth-order valence-electron chi connectivity index (χ4n) is 1.32. The molecular weight excluding hydrogens is 218 g/mol. The van der Waals surface area contributed by atoms with Crippen LogP contribution in [0.15, 0.2) is 29.2 Å². The number of benzene rings is 1. The number of rotatable bonds is 3. The summed E-state index contributed by atoms with van der Waals surface area (Å²) in [5.74, 6) is 0. The Bertz CT molecular complexity index is 321. The molecule has 0 spiro atoms. The quantitative estimate of drug-likeness (QED) is 0.737. The number of thioether (sulfide) groups is 1. The van der Waals surface area contributed by atoms with Crippen molar-refractivity contribution in [1.82, 2.24) is 0 Å². The number of hydrogen-bond acceptors (Lipinski definition) is 3. The molecule has 76 valence electrons. The zero-order valence-corrected chi connectivity index (χ0v) is 9.52. The lowest BCUT2D eigenvalue weighted by atomic mass is 10.3. The van der Waals surface area contributed by atoms with Gasteiger partial charge < -0.3 is 4.74 Å². The molecule has 1 aliphatic rings. The Morgan fingerprint density at radius 1 is 1.50 bits per heavy atom. The molecule has 0 N–H and O–H groups in total. The first-order valence-corrected chi connectivity index (χ1v) is 5.87. The van der Waals surface area contributed by atoms with E-state index >= 15 is 0 Å². The van der Waals surface area contributed by atoms with Gasteiger partial charge in [-0.05, 0) is 18.6 Å². The van der Waals surface area contributed by atoms with Crippen molar-refractivity contribution in [3.8, 4) is 0 Å². The first kappa shape index (κ1) is 10.1. The van der Waals surface area contributed by atoms with E-state index < -0.39 is 0 Å². The molecule has 1 aromatic rings. The van der Waals surface area contributed by atoms with E-state index in [1.165, 1.54) is 4.90 Å². The van der Waals surface area contributed by atoms with E-state index in [-0.39, 0.29) is 5.56 Å². The molecule has 1 aliphatic heterocycles. The molecule has 0 amide bonds. The van der Waals surface area contributed by atoms with Crippen molar-refractivity contribution in [2.75, 3.05) is 11.0 Å². The van der Waals surface area contributed by atoms with Gasteiger partial charge >= 0.3 is 0 Å². The van der Waals surface area contributed by atoms with Crippen molar-refractivity contribution in [1.29, 1.82) is 0 Å². The fourth-order valence-corrected chi connectivity index (χ4v) is 2.73. The van der Waals surface area contributed by atoms with Gasteiger partial charge in [0.25, 0.3) is 0 Å². The molecule has 0 bridgehead atoms. The van der Waals surface area contributed by atoms with E-state index in [2.05, 4.69) is 13.0 Å². The van der Waals surface area contributed by atoms with Gasteiger partial charge in [0.2, 0.25) is 0 Å². The second-order valence-corrected chi connectivity index (χ2v) is 4.52. The molecule has 1 atom stereocenters. The van der Waals surface area contributed by atoms with Gasteiger partial charge in [-0.1, -0.05) is 30.8 Å². The molecule has 1 unspecified atom stereocenters. The molecule has 0 fully saturated rings. The molecule has 1 heterocycles. The monoisotopic (exact) mass is 229 g/mol. The molecule has 2 rings (SSSR count). The van der Waals surface area contributed by atoms with Crippen molar-refractivity contribution in [2.24, 2.45) is 0 Å². The molecule has 4 heteroatoms. The van der Waals surface area contributed by atoms with Crippen molar-refractivity contribution < 1.29 is 4.74 Å². The van der Waals surface area contributed by atoms with Crippen molar-refractivity contribution >= 4 is 29.2 Å². The Kier molecular flexibility index (Phi) is 3.21. The topological polar surface area (TPSA) is 12.5 Å². The minimum absolute atomic E-state index is 0.0750. The zero-order valence-electron chi connectivity index (χ0n) is 7.94. The van der Waals surface area contributed by atoms with E-state index in [0.29, 0.717) is 0 Å². The van der Waals surface area contributed by atoms with Gasteiger partial charge in [0.1, 0.15) is 0 Å². The summed E-state index contributed by atoms with van der Waals surface area (Å²) >= 11 is 7.79. The third-order valence-corrected chi connectivity index (χ3v) is 3.60. The summed E-state index contributed by atoms with van der Waals surface area (Å²) < 4.78 is 7.27. The van der Waals surface area contributed by atoms with Gasteiger partial charge in [0.15, 0.2) is 5.56 Å². The minimum Gasteiger partial charge on any atom is -0.347 e. The Morgan fingerprint density at radius 3 is 3.00 bits per heavy atom. The third kappa shape index (κ3) is 1.85. The number of hydrogen-bond donors (Lipinski definition) is 0. The molecule has 0 saturated carbocycles. The lowest BCUT2D eigenvalue weighted by Gasteiger charge is -2.17. The van der Waals surface area contributed by atoms with Gasteiger partial charge in [-0.25, -0.2) is 4.42 Å². The maximum absolute atomic E-state index is 6.13. The zero-order chi connectivity index (χ0) is 9.97. The highest BCUT2D eigenvalue weighted by Crippen LogP contribution is 2.44. The lowest BCUT2D eigenvalue weighted by Crippen LogP contribution is -2.22. The van der Waals surface area contributed by atoms with Crippen LogP contribution in [-0.4, -0.2) is 12.2 Å². The van der Waals surface area contributed by atoms with Crippen LogP contribution in [0.5, 0.6) is 0 Å². The first-order valence-electron chi connectivity index (χ1n) is 4.65. The smallest absolute Gasteiger partial charge is 0.197 e. The van der Waals surface area contributed by atoms with Crippen LogP contribution in [0.2, 0.25) is 0 Å². The predicted molar refractivity (Wildman–Crippen MR) is 60.7 cm³/mol. The predicted octanol–water partition coefficient (Wildman–Crippen LogP) is 3.46. The average Bonchev–Trinajstić information content (AvgIpc) is 2.54. The first-order chi connectivity index (χ1) is 6.83. The maximum atomic E-state index is 6.13. The van der Waals surface area contributed by atoms with Crippen molar-refractivity contribution in [3.63, 3.8) is 0 Å². The van der Waals surface area contributed by atoms with Crippen LogP contribution in [-0.2, 0) is 4.74 Å². The minimum atomic E-state index is -0.0750. The number of ether oxygens (including phenoxy) is 1. The summed E-state index contributed by atoms with van der Waals surface area (Å²) in [5.41, 5.74) is 0.967. The maximum Gasteiger partial charge on any atom is 0.197 e. The largest absolute Gasteiger partial charge is 0.347 e. The summed E-state index contributed by atoms with van der Waals surface area (Å²) in [5, 5.41) is 0. The summed E-state index contributed by atoms with van der Waals surface area (Å²) in [6.45, 7) is 2.83. The van der Waals surface area contributed by atoms with Crippen LogP contribution in [0.3, 0.4) is 0 Å². The highest BCUT2D eigenvalue weighted by Gasteiger charge is 2.29. The summed E-state index contributed by atoms with van der Waals surface area (Å²) in [4.78, 5) is 1.18. The number of para-hydroxylation sites is 1. The number of fused-ring (bicyclic) bond motifs is 1. The van der Waals surface area contributed by atoms with Crippen LogP contribution in [0.1, 0.15) is 13.3 Å². The Morgan fingerprint density at radius 2 is 2.29 bits per heavy atom. The molecule has 0 aliphatic carbocycles. The molecule has 0 aromatic heterocycles. The SMILES string of the molecule is CCCOC1Sc2ccccc2N1Cl. The highest BCUT2D eigenvalue weighted by molar-refractivity contribution is 8.00. The number of nitrogens with zero attached hydrogens (tertiary/aromatic N) is 1. The molecule has 0 saturated heterocycles. The summed E-state index contributed by atoms with van der Waals surface area (Å²) in [6, 6.07) is 8.06. The van der Waals surface area contributed by atoms with Crippen LogP contribution in [0.4, 0.5) is 5.69 Å². The van der Waals surface area contributed by atoms with E-state index in [9.17, 15) is 0 Å². The summed E-state index contributed by atoms with van der Waals surface area (Å²) in [7, 11) is 0. The van der Waals surface area contributed by atoms with Gasteiger partial charge in [-0.3, -0.25) is 0 Å². The molecule has 14 heavy (non-hydrogen) atoms. The van der Waals surface area contributed by atoms with Crippen molar-refractivity contribution in [2.45, 2.75) is 23.8 Å². The van der Waals surface area contributed by atoms with Gasteiger partial charge in [0.05, 0.1) is 5.69 Å². The van der Waals surface area contributed by atoms with Crippen LogP contribution in [0, 0.1) is 0 Å². The number of halogens is 1. The molecular formula is C10H12ClNOS. The molecule has 2 nitrogen and oxygen atoms in total. The van der Waals surface area contributed by atoms with Crippen LogP contribution in [0.25, 0.3) is 0 Å². The van der Waals surface area contributed by atoms with Crippen LogP contribution < -0.4 is 4.42 Å². The fraction of sp³-hybridized carbons (Fsp3) is 0.400. The second kappa shape index (κ2) is 4.43.